The second kappa shape index (κ2) is 9.14. The van der Waals surface area contributed by atoms with Crippen LogP contribution in [0.4, 0.5) is 0 Å². The number of carbonyl (C=O) groups excluding carboxylic acids is 1. The van der Waals surface area contributed by atoms with Crippen molar-refractivity contribution in [2.75, 3.05) is 0 Å². The zero-order valence-corrected chi connectivity index (χ0v) is 16.2. The molecule has 0 aliphatic rings. The molecule has 0 bridgehead atoms. The van der Waals surface area contributed by atoms with Gasteiger partial charge in [-0.2, -0.15) is 5.10 Å². The van der Waals surface area contributed by atoms with Gasteiger partial charge in [0.25, 0.3) is 11.5 Å². The lowest BCUT2D eigenvalue weighted by Crippen LogP contribution is -2.43. The summed E-state index contributed by atoms with van der Waals surface area (Å²) in [6.07, 6.45) is 1.77. The van der Waals surface area contributed by atoms with Crippen LogP contribution in [0.2, 0.25) is 0 Å². The van der Waals surface area contributed by atoms with Gasteiger partial charge in [-0.3, -0.25) is 9.59 Å². The number of amides is 1. The highest BCUT2D eigenvalue weighted by molar-refractivity contribution is 6.05. The van der Waals surface area contributed by atoms with E-state index in [1.165, 1.54) is 4.68 Å². The number of carboxylic acids is 1. The number of rotatable bonds is 8. The highest BCUT2D eigenvalue weighted by Crippen LogP contribution is 2.14. The van der Waals surface area contributed by atoms with Crippen LogP contribution in [-0.2, 0) is 17.8 Å². The van der Waals surface area contributed by atoms with Crippen molar-refractivity contribution in [1.29, 1.82) is 0 Å². The highest BCUT2D eigenvalue weighted by atomic mass is 16.4. The van der Waals surface area contributed by atoms with Crippen LogP contribution in [-0.4, -0.2) is 32.8 Å². The van der Waals surface area contributed by atoms with Crippen LogP contribution in [0.25, 0.3) is 10.8 Å². The monoisotopic (exact) mass is 393 g/mol. The summed E-state index contributed by atoms with van der Waals surface area (Å²) >= 11 is 0. The third-order valence-electron chi connectivity index (χ3n) is 4.69. The average molecular weight is 393 g/mol. The van der Waals surface area contributed by atoms with Gasteiger partial charge in [0, 0.05) is 18.4 Å². The van der Waals surface area contributed by atoms with Crippen molar-refractivity contribution < 1.29 is 14.7 Å². The van der Waals surface area contributed by atoms with Crippen molar-refractivity contribution in [3.05, 3.63) is 76.2 Å². The van der Waals surface area contributed by atoms with Crippen molar-refractivity contribution in [3.8, 4) is 0 Å². The molecule has 0 saturated heterocycles. The van der Waals surface area contributed by atoms with Gasteiger partial charge in [0.05, 0.1) is 5.39 Å². The number of carbonyl (C=O) groups is 2. The molecular formula is C22H23N3O4. The summed E-state index contributed by atoms with van der Waals surface area (Å²) in [5.74, 6) is -1.75. The van der Waals surface area contributed by atoms with E-state index in [0.29, 0.717) is 17.3 Å². The Balaban J connectivity index is 1.95. The molecule has 1 aromatic heterocycles. The van der Waals surface area contributed by atoms with Gasteiger partial charge in [0.15, 0.2) is 5.69 Å². The van der Waals surface area contributed by atoms with Crippen LogP contribution < -0.4 is 10.9 Å². The van der Waals surface area contributed by atoms with Gasteiger partial charge in [-0.25, -0.2) is 9.48 Å². The van der Waals surface area contributed by atoms with Crippen molar-refractivity contribution >= 4 is 22.6 Å². The minimum absolute atomic E-state index is 0.0515. The number of aryl methyl sites for hydroxylation is 1. The first kappa shape index (κ1) is 20.3. The van der Waals surface area contributed by atoms with Crippen molar-refractivity contribution in [2.45, 2.75) is 38.8 Å². The third-order valence-corrected chi connectivity index (χ3v) is 4.69. The zero-order valence-electron chi connectivity index (χ0n) is 16.2. The fourth-order valence-electron chi connectivity index (χ4n) is 3.14. The van der Waals surface area contributed by atoms with Gasteiger partial charge in [-0.05, 0) is 18.1 Å². The van der Waals surface area contributed by atoms with Gasteiger partial charge in [-0.1, -0.05) is 61.9 Å². The van der Waals surface area contributed by atoms with Crippen molar-refractivity contribution in [1.82, 2.24) is 15.1 Å². The third kappa shape index (κ3) is 4.68. The van der Waals surface area contributed by atoms with E-state index in [4.69, 9.17) is 0 Å². The maximum absolute atomic E-state index is 12.9. The lowest BCUT2D eigenvalue weighted by Gasteiger charge is -2.16. The molecule has 0 spiro atoms. The molecule has 2 N–H and O–H groups in total. The minimum atomic E-state index is -1.13. The van der Waals surface area contributed by atoms with Crippen LogP contribution in [0.5, 0.6) is 0 Å². The van der Waals surface area contributed by atoms with Crippen LogP contribution in [0.1, 0.15) is 35.8 Å². The molecule has 0 aliphatic heterocycles. The Labute approximate surface area is 168 Å². The second-order valence-corrected chi connectivity index (χ2v) is 6.83. The van der Waals surface area contributed by atoms with Gasteiger partial charge in [0.2, 0.25) is 0 Å². The SMILES string of the molecule is CCCCn1nc(C(=O)N[C@@H](Cc2ccccc2)C(=O)O)c2ccccc2c1=O. The Kier molecular flexibility index (Phi) is 6.39. The fourth-order valence-corrected chi connectivity index (χ4v) is 3.14. The Morgan fingerprint density at radius 1 is 1.07 bits per heavy atom. The maximum atomic E-state index is 12.9. The van der Waals surface area contributed by atoms with E-state index >= 15 is 0 Å². The molecule has 0 saturated carbocycles. The molecule has 3 rings (SSSR count). The van der Waals surface area contributed by atoms with Gasteiger partial charge < -0.3 is 10.4 Å². The summed E-state index contributed by atoms with van der Waals surface area (Å²) in [6.45, 7) is 2.40. The molecule has 150 valence electrons. The molecule has 0 fully saturated rings. The number of fused-ring (bicyclic) bond motifs is 1. The summed E-state index contributed by atoms with van der Waals surface area (Å²) in [7, 11) is 0. The summed E-state index contributed by atoms with van der Waals surface area (Å²) in [5.41, 5.74) is 0.589. The Morgan fingerprint density at radius 3 is 2.38 bits per heavy atom. The number of hydrogen-bond acceptors (Lipinski definition) is 4. The molecule has 3 aromatic rings. The van der Waals surface area contributed by atoms with Crippen LogP contribution >= 0.6 is 0 Å². The quantitative estimate of drug-likeness (QED) is 0.613. The Bertz CT molecular complexity index is 1080. The standard InChI is InChI=1S/C22H23N3O4/c1-2-3-13-25-21(27)17-12-8-7-11-16(17)19(24-25)20(26)23-18(22(28)29)14-15-9-5-4-6-10-15/h4-12,18H,2-3,13-14H2,1H3,(H,23,26)(H,28,29)/t18-/m0/s1. The summed E-state index contributed by atoms with van der Waals surface area (Å²) in [6, 6.07) is 14.7. The normalized spacial score (nSPS) is 11.9. The van der Waals surface area contributed by atoms with E-state index < -0.39 is 17.9 Å². The molecule has 29 heavy (non-hydrogen) atoms. The van der Waals surface area contributed by atoms with Crippen LogP contribution in [0.15, 0.2) is 59.4 Å². The van der Waals surface area contributed by atoms with Crippen LogP contribution in [0.3, 0.4) is 0 Å². The van der Waals surface area contributed by atoms with Crippen molar-refractivity contribution in [2.24, 2.45) is 0 Å². The Hall–Kier alpha value is -3.48. The number of aliphatic carboxylic acids is 1. The summed E-state index contributed by atoms with van der Waals surface area (Å²) in [4.78, 5) is 37.3. The van der Waals surface area contributed by atoms with E-state index in [2.05, 4.69) is 10.4 Å². The molecule has 0 radical (unpaired) electrons. The van der Waals surface area contributed by atoms with E-state index in [1.54, 1.807) is 36.4 Å². The zero-order chi connectivity index (χ0) is 20.8. The molecule has 0 aliphatic carbocycles. The first-order chi connectivity index (χ1) is 14.0. The minimum Gasteiger partial charge on any atom is -0.480 e. The number of hydrogen-bond donors (Lipinski definition) is 2. The smallest absolute Gasteiger partial charge is 0.326 e. The van der Waals surface area contributed by atoms with E-state index in [1.807, 2.05) is 25.1 Å². The van der Waals surface area contributed by atoms with E-state index in [9.17, 15) is 19.5 Å². The molecular weight excluding hydrogens is 370 g/mol. The van der Waals surface area contributed by atoms with E-state index in [-0.39, 0.29) is 17.7 Å². The number of carboxylic acid groups (broad SMARTS) is 1. The molecule has 1 atom stereocenters. The topological polar surface area (TPSA) is 101 Å². The second-order valence-electron chi connectivity index (χ2n) is 6.83. The van der Waals surface area contributed by atoms with Gasteiger partial charge in [0.1, 0.15) is 6.04 Å². The predicted molar refractivity (Wildman–Crippen MR) is 110 cm³/mol. The number of nitrogens with one attached hydrogen (secondary N) is 1. The number of unbranched alkanes of at least 4 members (excludes halogenated alkanes) is 1. The number of benzene rings is 2. The largest absolute Gasteiger partial charge is 0.480 e. The lowest BCUT2D eigenvalue weighted by molar-refractivity contribution is -0.139. The number of aromatic nitrogens is 2. The van der Waals surface area contributed by atoms with E-state index in [0.717, 1.165) is 18.4 Å². The van der Waals surface area contributed by atoms with Gasteiger partial charge >= 0.3 is 5.97 Å². The average Bonchev–Trinajstić information content (AvgIpc) is 2.73. The lowest BCUT2D eigenvalue weighted by atomic mass is 10.1. The highest BCUT2D eigenvalue weighted by Gasteiger charge is 2.24. The predicted octanol–water partition coefficient (Wildman–Crippen LogP) is 2.62. The fraction of sp³-hybridized carbons (Fsp3) is 0.273. The number of nitrogens with zero attached hydrogens (tertiary/aromatic N) is 2. The maximum Gasteiger partial charge on any atom is 0.326 e. The van der Waals surface area contributed by atoms with Crippen LogP contribution in [0, 0.1) is 0 Å². The first-order valence-electron chi connectivity index (χ1n) is 9.58. The molecule has 7 heteroatoms. The summed E-state index contributed by atoms with van der Waals surface area (Å²) in [5, 5.41) is 17.2. The Morgan fingerprint density at radius 2 is 1.72 bits per heavy atom. The summed E-state index contributed by atoms with van der Waals surface area (Å²) < 4.78 is 1.29. The van der Waals surface area contributed by atoms with Crippen molar-refractivity contribution in [3.63, 3.8) is 0 Å². The first-order valence-corrected chi connectivity index (χ1v) is 9.58. The molecule has 0 unspecified atom stereocenters. The molecule has 1 amide bonds. The van der Waals surface area contributed by atoms with Gasteiger partial charge in [-0.15, -0.1) is 0 Å². The molecule has 1 heterocycles. The molecule has 7 nitrogen and oxygen atoms in total. The molecule has 2 aromatic carbocycles.